The van der Waals surface area contributed by atoms with E-state index in [1.807, 2.05) is 6.92 Å². The lowest BCUT2D eigenvalue weighted by atomic mass is 9.94. The number of hydrogen-bond donors (Lipinski definition) is 1. The van der Waals surface area contributed by atoms with Gasteiger partial charge in [0.15, 0.2) is 9.84 Å². The highest BCUT2D eigenvalue weighted by Gasteiger charge is 2.18. The van der Waals surface area contributed by atoms with Crippen LogP contribution >= 0.6 is 0 Å². The maximum atomic E-state index is 12.0. The molecule has 0 aliphatic carbocycles. The third kappa shape index (κ3) is 4.65. The van der Waals surface area contributed by atoms with E-state index in [-0.39, 0.29) is 22.1 Å². The van der Waals surface area contributed by atoms with Gasteiger partial charge < -0.3 is 9.84 Å². The molecule has 5 nitrogen and oxygen atoms in total. The summed E-state index contributed by atoms with van der Waals surface area (Å²) in [5.41, 5.74) is 0.746. The molecule has 0 amide bonds. The Morgan fingerprint density at radius 3 is 2.39 bits per heavy atom. The van der Waals surface area contributed by atoms with Gasteiger partial charge in [0.25, 0.3) is 0 Å². The van der Waals surface area contributed by atoms with Crippen LogP contribution in [-0.2, 0) is 19.4 Å². The molecule has 23 heavy (non-hydrogen) atoms. The molecule has 1 aromatic rings. The lowest BCUT2D eigenvalue weighted by molar-refractivity contribution is -0.130. The average Bonchev–Trinajstić information content (AvgIpc) is 2.53. The summed E-state index contributed by atoms with van der Waals surface area (Å²) in [6.07, 6.45) is 3.92. The van der Waals surface area contributed by atoms with Crippen LogP contribution in [0.5, 0.6) is 0 Å². The van der Waals surface area contributed by atoms with Crippen LogP contribution in [0.25, 0.3) is 5.57 Å². The van der Waals surface area contributed by atoms with E-state index in [1.165, 1.54) is 12.1 Å². The SMILES string of the molecule is CCCS(=O)(=O)c1ccc(C(=CC2CCOCC2)C(=O)O)cc1. The highest BCUT2D eigenvalue weighted by atomic mass is 32.2. The predicted octanol–water partition coefficient (Wildman–Crippen LogP) is 2.76. The van der Waals surface area contributed by atoms with Crippen LogP contribution in [0.4, 0.5) is 0 Å². The largest absolute Gasteiger partial charge is 0.478 e. The molecule has 1 heterocycles. The molecule has 0 spiro atoms. The van der Waals surface area contributed by atoms with Crippen LogP contribution in [0, 0.1) is 5.92 Å². The van der Waals surface area contributed by atoms with Crippen molar-refractivity contribution < 1.29 is 23.1 Å². The fourth-order valence-corrected chi connectivity index (χ4v) is 3.96. The number of hydrogen-bond acceptors (Lipinski definition) is 4. The van der Waals surface area contributed by atoms with Gasteiger partial charge in [0, 0.05) is 13.2 Å². The lowest BCUT2D eigenvalue weighted by Gasteiger charge is -2.19. The van der Waals surface area contributed by atoms with E-state index in [4.69, 9.17) is 4.74 Å². The van der Waals surface area contributed by atoms with Gasteiger partial charge >= 0.3 is 5.97 Å². The topological polar surface area (TPSA) is 80.7 Å². The van der Waals surface area contributed by atoms with Gasteiger partial charge in [-0.3, -0.25) is 0 Å². The van der Waals surface area contributed by atoms with Crippen LogP contribution in [0.15, 0.2) is 35.2 Å². The first-order valence-corrected chi connectivity index (χ1v) is 9.45. The number of benzene rings is 1. The van der Waals surface area contributed by atoms with Crippen LogP contribution in [0.1, 0.15) is 31.7 Å². The van der Waals surface area contributed by atoms with Crippen molar-refractivity contribution in [3.05, 3.63) is 35.9 Å². The molecule has 1 saturated heterocycles. The molecule has 2 rings (SSSR count). The van der Waals surface area contributed by atoms with E-state index in [2.05, 4.69) is 0 Å². The normalized spacial score (nSPS) is 17.2. The molecule has 0 atom stereocenters. The maximum Gasteiger partial charge on any atom is 0.335 e. The van der Waals surface area contributed by atoms with Gasteiger partial charge in [0.1, 0.15) is 0 Å². The molecule has 1 aliphatic rings. The number of carboxylic acid groups (broad SMARTS) is 1. The van der Waals surface area contributed by atoms with E-state index in [0.717, 1.165) is 12.8 Å². The van der Waals surface area contributed by atoms with Crippen LogP contribution in [0.2, 0.25) is 0 Å². The van der Waals surface area contributed by atoms with Crippen molar-refractivity contribution in [1.82, 2.24) is 0 Å². The Balaban J connectivity index is 2.27. The Hall–Kier alpha value is -1.66. The molecule has 126 valence electrons. The number of carboxylic acids is 1. The minimum Gasteiger partial charge on any atom is -0.478 e. The summed E-state index contributed by atoms with van der Waals surface area (Å²) in [6.45, 7) is 3.09. The van der Waals surface area contributed by atoms with Gasteiger partial charge in [0.05, 0.1) is 16.2 Å². The second-order valence-corrected chi connectivity index (χ2v) is 7.79. The molecule has 0 unspecified atom stereocenters. The smallest absolute Gasteiger partial charge is 0.335 e. The molecular weight excluding hydrogens is 316 g/mol. The standard InChI is InChI=1S/C17H22O5S/c1-2-11-23(20,21)15-5-3-14(4-6-15)16(17(18)19)12-13-7-9-22-10-8-13/h3-6,12-13H,2,7-11H2,1H3,(H,18,19). The summed E-state index contributed by atoms with van der Waals surface area (Å²) in [5, 5.41) is 9.45. The Bertz CT molecular complexity index is 667. The van der Waals surface area contributed by atoms with E-state index < -0.39 is 15.8 Å². The van der Waals surface area contributed by atoms with Crippen LogP contribution < -0.4 is 0 Å². The van der Waals surface area contributed by atoms with E-state index in [0.29, 0.717) is 25.2 Å². The maximum absolute atomic E-state index is 12.0. The van der Waals surface area contributed by atoms with Gasteiger partial charge in [-0.1, -0.05) is 25.1 Å². The van der Waals surface area contributed by atoms with Crippen molar-refractivity contribution in [3.63, 3.8) is 0 Å². The van der Waals surface area contributed by atoms with Gasteiger partial charge in [-0.05, 0) is 42.9 Å². The van der Waals surface area contributed by atoms with Crippen molar-refractivity contribution >= 4 is 21.4 Å². The molecule has 1 aromatic carbocycles. The fourth-order valence-electron chi connectivity index (χ4n) is 2.64. The van der Waals surface area contributed by atoms with Crippen molar-refractivity contribution in [3.8, 4) is 0 Å². The Morgan fingerprint density at radius 1 is 1.26 bits per heavy atom. The van der Waals surface area contributed by atoms with E-state index in [9.17, 15) is 18.3 Å². The molecule has 1 aliphatic heterocycles. The summed E-state index contributed by atoms with van der Waals surface area (Å²) < 4.78 is 29.3. The zero-order valence-corrected chi connectivity index (χ0v) is 14.0. The number of sulfone groups is 1. The molecule has 0 radical (unpaired) electrons. The van der Waals surface area contributed by atoms with Crippen molar-refractivity contribution in [1.29, 1.82) is 0 Å². The summed E-state index contributed by atoms with van der Waals surface area (Å²) in [5.74, 6) is -0.727. The van der Waals surface area contributed by atoms with Gasteiger partial charge in [0.2, 0.25) is 0 Å². The number of allylic oxidation sites excluding steroid dienone is 1. The summed E-state index contributed by atoms with van der Waals surface area (Å²) in [4.78, 5) is 11.8. The number of carbonyl (C=O) groups is 1. The molecule has 1 N–H and O–H groups in total. The molecule has 0 saturated carbocycles. The molecule has 1 fully saturated rings. The Kier molecular flexibility index (Phi) is 5.96. The molecule has 0 aromatic heterocycles. The van der Waals surface area contributed by atoms with Crippen molar-refractivity contribution in [2.75, 3.05) is 19.0 Å². The van der Waals surface area contributed by atoms with Crippen molar-refractivity contribution in [2.45, 2.75) is 31.1 Å². The highest BCUT2D eigenvalue weighted by molar-refractivity contribution is 7.91. The summed E-state index contributed by atoms with van der Waals surface area (Å²) >= 11 is 0. The first-order chi connectivity index (χ1) is 10.9. The van der Waals surface area contributed by atoms with Gasteiger partial charge in [-0.25, -0.2) is 13.2 Å². The first kappa shape index (κ1) is 17.7. The second kappa shape index (κ2) is 7.75. The number of rotatable bonds is 6. The lowest BCUT2D eigenvalue weighted by Crippen LogP contribution is -2.15. The molecule has 6 heteroatoms. The monoisotopic (exact) mass is 338 g/mol. The van der Waals surface area contributed by atoms with Gasteiger partial charge in [-0.2, -0.15) is 0 Å². The Labute approximate surface area is 136 Å². The minimum atomic E-state index is -3.28. The quantitative estimate of drug-likeness (QED) is 0.807. The van der Waals surface area contributed by atoms with E-state index in [1.54, 1.807) is 18.2 Å². The summed E-state index contributed by atoms with van der Waals surface area (Å²) in [6, 6.07) is 6.12. The third-order valence-corrected chi connectivity index (χ3v) is 5.83. The predicted molar refractivity (Wildman–Crippen MR) is 87.9 cm³/mol. The summed E-state index contributed by atoms with van der Waals surface area (Å²) in [7, 11) is -3.28. The average molecular weight is 338 g/mol. The zero-order chi connectivity index (χ0) is 16.9. The Morgan fingerprint density at radius 2 is 1.87 bits per heavy atom. The fraction of sp³-hybridized carbons (Fsp3) is 0.471. The minimum absolute atomic E-state index is 0.0933. The van der Waals surface area contributed by atoms with Gasteiger partial charge in [-0.15, -0.1) is 0 Å². The zero-order valence-electron chi connectivity index (χ0n) is 13.2. The molecular formula is C17H22O5S. The number of aliphatic carboxylic acids is 1. The third-order valence-electron chi connectivity index (χ3n) is 3.90. The first-order valence-electron chi connectivity index (χ1n) is 7.80. The second-order valence-electron chi connectivity index (χ2n) is 5.68. The molecule has 0 bridgehead atoms. The number of ether oxygens (including phenoxy) is 1. The van der Waals surface area contributed by atoms with Crippen LogP contribution in [0.3, 0.4) is 0 Å². The van der Waals surface area contributed by atoms with E-state index >= 15 is 0 Å². The van der Waals surface area contributed by atoms with Crippen molar-refractivity contribution in [2.24, 2.45) is 5.92 Å². The van der Waals surface area contributed by atoms with Crippen LogP contribution in [-0.4, -0.2) is 38.5 Å². The highest BCUT2D eigenvalue weighted by Crippen LogP contribution is 2.24.